The topological polar surface area (TPSA) is 68.6 Å². The molecule has 0 aliphatic rings. The molecule has 2 rings (SSSR count). The zero-order valence-electron chi connectivity index (χ0n) is 19.3. The molecule has 1 aromatic carbocycles. The quantitative estimate of drug-likeness (QED) is 0.429. The Morgan fingerprint density at radius 1 is 1.13 bits per heavy atom. The van der Waals surface area contributed by atoms with Crippen LogP contribution in [0.25, 0.3) is 0 Å². The molecule has 1 atom stereocenters. The second-order valence-electron chi connectivity index (χ2n) is 8.08. The monoisotopic (exact) mass is 446 g/mol. The van der Waals surface area contributed by atoms with Crippen molar-refractivity contribution < 1.29 is 19.1 Å². The Kier molecular flexibility index (Phi) is 8.07. The number of Topliss-reactive ketones (excluding diaryl/α,β-unsaturated/α-hetero) is 1. The zero-order chi connectivity index (χ0) is 23.5. The molecule has 6 nitrogen and oxygen atoms in total. The number of carbonyl (C=O) groups is 3. The van der Waals surface area contributed by atoms with Crippen molar-refractivity contribution in [3.05, 3.63) is 57.4 Å². The van der Waals surface area contributed by atoms with Gasteiger partial charge in [-0.15, -0.1) is 0 Å². The summed E-state index contributed by atoms with van der Waals surface area (Å²) in [4.78, 5) is 40.9. The molecule has 0 aliphatic carbocycles. The van der Waals surface area contributed by atoms with Gasteiger partial charge in [0.1, 0.15) is 5.69 Å². The van der Waals surface area contributed by atoms with Gasteiger partial charge in [0, 0.05) is 24.8 Å². The molecule has 7 heteroatoms. The summed E-state index contributed by atoms with van der Waals surface area (Å²) in [5.74, 6) is -0.836. The molecule has 1 heterocycles. The van der Waals surface area contributed by atoms with E-state index in [2.05, 4.69) is 0 Å². The average molecular weight is 447 g/mol. The van der Waals surface area contributed by atoms with E-state index >= 15 is 0 Å². The predicted octanol–water partition coefficient (Wildman–Crippen LogP) is 4.84. The Hall–Kier alpha value is -2.60. The first-order valence-corrected chi connectivity index (χ1v) is 10.8. The number of halogens is 1. The van der Waals surface area contributed by atoms with Crippen LogP contribution < -0.4 is 0 Å². The zero-order valence-corrected chi connectivity index (χ0v) is 20.0. The highest BCUT2D eigenvalue weighted by molar-refractivity contribution is 6.33. The molecule has 2 aromatic rings. The molecule has 0 aliphatic heterocycles. The molecule has 0 saturated heterocycles. The number of hydrogen-bond donors (Lipinski definition) is 0. The van der Waals surface area contributed by atoms with Gasteiger partial charge < -0.3 is 14.2 Å². The van der Waals surface area contributed by atoms with Gasteiger partial charge in [0.2, 0.25) is 0 Å². The molecule has 0 N–H and O–H groups in total. The minimum Gasteiger partial charge on any atom is -0.461 e. The van der Waals surface area contributed by atoms with Gasteiger partial charge in [-0.1, -0.05) is 37.6 Å². The summed E-state index contributed by atoms with van der Waals surface area (Å²) < 4.78 is 6.83. The van der Waals surface area contributed by atoms with Crippen molar-refractivity contribution in [2.24, 2.45) is 13.0 Å². The van der Waals surface area contributed by atoms with Gasteiger partial charge in [0.15, 0.2) is 5.78 Å². The van der Waals surface area contributed by atoms with Crippen LogP contribution in [-0.2, 0) is 11.8 Å². The highest BCUT2D eigenvalue weighted by Crippen LogP contribution is 2.26. The van der Waals surface area contributed by atoms with Crippen LogP contribution in [0.3, 0.4) is 0 Å². The van der Waals surface area contributed by atoms with Gasteiger partial charge in [0.05, 0.1) is 23.2 Å². The fourth-order valence-corrected chi connectivity index (χ4v) is 4.00. The molecule has 0 radical (unpaired) electrons. The SMILES string of the molecule is CCOC(=O)c1c(C)c(C(=O)C(C)N(CC(C)C)C(=O)c2ccccc2Cl)c(C)n1C. The molecule has 0 fully saturated rings. The van der Waals surface area contributed by atoms with Crippen LogP contribution >= 0.6 is 11.6 Å². The number of rotatable bonds is 8. The van der Waals surface area contributed by atoms with E-state index in [1.807, 2.05) is 13.8 Å². The Morgan fingerprint density at radius 2 is 1.74 bits per heavy atom. The van der Waals surface area contributed by atoms with Crippen molar-refractivity contribution >= 4 is 29.3 Å². The number of nitrogens with zero attached hydrogens (tertiary/aromatic N) is 2. The molecule has 168 valence electrons. The van der Waals surface area contributed by atoms with Crippen molar-refractivity contribution in [3.63, 3.8) is 0 Å². The van der Waals surface area contributed by atoms with Crippen molar-refractivity contribution in [3.8, 4) is 0 Å². The third-order valence-corrected chi connectivity index (χ3v) is 5.75. The Morgan fingerprint density at radius 3 is 2.29 bits per heavy atom. The van der Waals surface area contributed by atoms with E-state index in [1.165, 1.54) is 0 Å². The van der Waals surface area contributed by atoms with Gasteiger partial charge in [-0.2, -0.15) is 0 Å². The largest absolute Gasteiger partial charge is 0.461 e. The van der Waals surface area contributed by atoms with E-state index in [4.69, 9.17) is 16.3 Å². The molecule has 1 aromatic heterocycles. The summed E-state index contributed by atoms with van der Waals surface area (Å²) in [6, 6.07) is 6.09. The van der Waals surface area contributed by atoms with Crippen LogP contribution in [0.4, 0.5) is 0 Å². The normalized spacial score (nSPS) is 12.0. The molecule has 31 heavy (non-hydrogen) atoms. The maximum Gasteiger partial charge on any atom is 0.355 e. The van der Waals surface area contributed by atoms with Gasteiger partial charge in [-0.05, 0) is 51.3 Å². The summed E-state index contributed by atoms with van der Waals surface area (Å²) in [5, 5.41) is 0.345. The summed E-state index contributed by atoms with van der Waals surface area (Å²) in [6.45, 7) is 11.6. The molecule has 1 unspecified atom stereocenters. The van der Waals surface area contributed by atoms with Gasteiger partial charge in [0.25, 0.3) is 5.91 Å². The maximum atomic E-state index is 13.6. The van der Waals surface area contributed by atoms with E-state index in [-0.39, 0.29) is 24.2 Å². The number of benzene rings is 1. The Bertz CT molecular complexity index is 994. The minimum atomic E-state index is -0.735. The maximum absolute atomic E-state index is 13.6. The van der Waals surface area contributed by atoms with E-state index in [0.717, 1.165) is 0 Å². The summed E-state index contributed by atoms with van der Waals surface area (Å²) in [5.41, 5.74) is 2.37. The number of carbonyl (C=O) groups excluding carboxylic acids is 3. The van der Waals surface area contributed by atoms with Crippen LogP contribution in [-0.4, -0.2) is 46.3 Å². The lowest BCUT2D eigenvalue weighted by atomic mass is 9.98. The van der Waals surface area contributed by atoms with Gasteiger partial charge >= 0.3 is 5.97 Å². The smallest absolute Gasteiger partial charge is 0.355 e. The molecule has 0 saturated carbocycles. The predicted molar refractivity (Wildman–Crippen MR) is 122 cm³/mol. The minimum absolute atomic E-state index is 0.148. The van der Waals surface area contributed by atoms with Crippen LogP contribution in [0.1, 0.15) is 70.2 Å². The first-order valence-electron chi connectivity index (χ1n) is 10.5. The highest BCUT2D eigenvalue weighted by atomic mass is 35.5. The van der Waals surface area contributed by atoms with E-state index in [9.17, 15) is 14.4 Å². The summed E-state index contributed by atoms with van der Waals surface area (Å²) >= 11 is 6.25. The number of esters is 1. The lowest BCUT2D eigenvalue weighted by molar-refractivity contribution is 0.0513. The van der Waals surface area contributed by atoms with Crippen molar-refractivity contribution in [1.29, 1.82) is 0 Å². The first-order chi connectivity index (χ1) is 14.5. The van der Waals surface area contributed by atoms with Crippen LogP contribution in [0.5, 0.6) is 0 Å². The third-order valence-electron chi connectivity index (χ3n) is 5.42. The van der Waals surface area contributed by atoms with Crippen LogP contribution in [0.15, 0.2) is 24.3 Å². The second kappa shape index (κ2) is 10.1. The first kappa shape index (κ1) is 24.7. The van der Waals surface area contributed by atoms with Crippen molar-refractivity contribution in [2.45, 2.75) is 47.6 Å². The summed E-state index contributed by atoms with van der Waals surface area (Å²) in [6.07, 6.45) is 0. The lowest BCUT2D eigenvalue weighted by Gasteiger charge is -2.30. The molecule has 0 spiro atoms. The van der Waals surface area contributed by atoms with E-state index in [0.29, 0.717) is 39.6 Å². The molecular formula is C24H31ClN2O4. The lowest BCUT2D eigenvalue weighted by Crippen LogP contribution is -2.45. The number of ketones is 1. The third kappa shape index (κ3) is 5.01. The Balaban J connectivity index is 2.49. The standard InChI is InChI=1S/C24H31ClN2O4/c1-8-31-24(30)21-15(4)20(16(5)26(21)7)22(28)17(6)27(13-14(2)3)23(29)18-11-9-10-12-19(18)25/h9-12,14,17H,8,13H2,1-7H3. The molecular weight excluding hydrogens is 416 g/mol. The second-order valence-corrected chi connectivity index (χ2v) is 8.49. The summed E-state index contributed by atoms with van der Waals surface area (Å²) in [7, 11) is 1.73. The molecule has 1 amide bonds. The highest BCUT2D eigenvalue weighted by Gasteiger charge is 2.33. The van der Waals surface area contributed by atoms with Crippen molar-refractivity contribution in [2.75, 3.05) is 13.2 Å². The van der Waals surface area contributed by atoms with Crippen molar-refractivity contribution in [1.82, 2.24) is 9.47 Å². The molecule has 0 bridgehead atoms. The number of aromatic nitrogens is 1. The van der Waals surface area contributed by atoms with Crippen LogP contribution in [0, 0.1) is 19.8 Å². The number of hydrogen-bond acceptors (Lipinski definition) is 4. The van der Waals surface area contributed by atoms with E-state index in [1.54, 1.807) is 68.5 Å². The number of amides is 1. The fourth-order valence-electron chi connectivity index (χ4n) is 3.78. The van der Waals surface area contributed by atoms with Gasteiger partial charge in [-0.3, -0.25) is 9.59 Å². The fraction of sp³-hybridized carbons (Fsp3) is 0.458. The number of ether oxygens (including phenoxy) is 1. The van der Waals surface area contributed by atoms with Crippen LogP contribution in [0.2, 0.25) is 5.02 Å². The Labute approximate surface area is 189 Å². The van der Waals surface area contributed by atoms with E-state index < -0.39 is 12.0 Å². The average Bonchev–Trinajstić information content (AvgIpc) is 2.93. The van der Waals surface area contributed by atoms with Gasteiger partial charge in [-0.25, -0.2) is 4.79 Å².